The van der Waals surface area contributed by atoms with Gasteiger partial charge in [-0.25, -0.2) is 4.79 Å². The van der Waals surface area contributed by atoms with Gasteiger partial charge in [0.2, 0.25) is 0 Å². The molecule has 1 saturated heterocycles. The first-order valence-electron chi connectivity index (χ1n) is 7.40. The molecule has 0 radical (unpaired) electrons. The predicted octanol–water partition coefficient (Wildman–Crippen LogP) is 0.166. The second-order valence-electron chi connectivity index (χ2n) is 5.24. The summed E-state index contributed by atoms with van der Waals surface area (Å²) in [5, 5.41) is 5.00. The van der Waals surface area contributed by atoms with Gasteiger partial charge in [0.05, 0.1) is 0 Å². The Morgan fingerprint density at radius 1 is 1.23 bits per heavy atom. The number of rotatable bonds is 8. The molecule has 1 aliphatic rings. The van der Waals surface area contributed by atoms with Gasteiger partial charge in [-0.05, 0) is 12.8 Å². The molecular weight excluding hydrogens is 290 g/mol. The van der Waals surface area contributed by atoms with Gasteiger partial charge in [0.15, 0.2) is 6.61 Å². The third-order valence-electron chi connectivity index (χ3n) is 3.53. The van der Waals surface area contributed by atoms with Crippen LogP contribution in [0.4, 0.5) is 4.79 Å². The Balaban J connectivity index is 2.71. The molecule has 0 aromatic carbocycles. The van der Waals surface area contributed by atoms with Crippen molar-refractivity contribution in [3.05, 3.63) is 0 Å². The topological polar surface area (TPSA) is 105 Å². The summed E-state index contributed by atoms with van der Waals surface area (Å²) in [6, 6.07) is -0.594. The van der Waals surface area contributed by atoms with E-state index >= 15 is 0 Å². The Morgan fingerprint density at radius 3 is 2.32 bits per heavy atom. The maximum absolute atomic E-state index is 12.5. The lowest BCUT2D eigenvalue weighted by atomic mass is 9.88. The molecule has 8 nitrogen and oxygen atoms in total. The third-order valence-corrected chi connectivity index (χ3v) is 3.53. The number of likely N-dealkylation sites (N-methyl/N-ethyl adjacent to an activating group) is 1. The molecule has 1 fully saturated rings. The Labute approximate surface area is 129 Å². The first kappa shape index (κ1) is 17.9. The summed E-state index contributed by atoms with van der Waals surface area (Å²) in [5.41, 5.74) is -0.929. The summed E-state index contributed by atoms with van der Waals surface area (Å²) >= 11 is 0. The van der Waals surface area contributed by atoms with Gasteiger partial charge < -0.3 is 15.4 Å². The van der Waals surface area contributed by atoms with Crippen LogP contribution in [0.25, 0.3) is 0 Å². The van der Waals surface area contributed by atoms with E-state index < -0.39 is 42.5 Å². The highest BCUT2D eigenvalue weighted by Crippen LogP contribution is 2.27. The number of nitrogens with one attached hydrogen (secondary N) is 2. The summed E-state index contributed by atoms with van der Waals surface area (Å²) < 4.78 is 4.72. The van der Waals surface area contributed by atoms with Crippen molar-refractivity contribution >= 4 is 23.8 Å². The van der Waals surface area contributed by atoms with E-state index in [4.69, 9.17) is 4.74 Å². The Hall–Kier alpha value is -2.12. The Morgan fingerprint density at radius 2 is 1.82 bits per heavy atom. The van der Waals surface area contributed by atoms with Gasteiger partial charge in [0.25, 0.3) is 11.8 Å². The summed E-state index contributed by atoms with van der Waals surface area (Å²) in [6.07, 6.45) is 2.52. The highest BCUT2D eigenvalue weighted by atomic mass is 16.5. The van der Waals surface area contributed by atoms with Gasteiger partial charge in [-0.2, -0.15) is 0 Å². The first-order valence-corrected chi connectivity index (χ1v) is 7.40. The lowest BCUT2D eigenvalue weighted by Gasteiger charge is -2.25. The highest BCUT2D eigenvalue weighted by molar-refractivity contribution is 6.08. The van der Waals surface area contributed by atoms with Gasteiger partial charge in [-0.1, -0.05) is 26.7 Å². The van der Waals surface area contributed by atoms with Crippen molar-refractivity contribution in [3.8, 4) is 0 Å². The maximum Gasteiger partial charge on any atom is 0.326 e. The molecule has 0 aliphatic carbocycles. The molecule has 2 N–H and O–H groups in total. The SMILES string of the molecule is CCCC1(CCC)NC(=O)N(CC(=O)OCC(=O)NC)C1=O. The number of imide groups is 1. The van der Waals surface area contributed by atoms with E-state index in [1.807, 2.05) is 13.8 Å². The monoisotopic (exact) mass is 313 g/mol. The zero-order valence-corrected chi connectivity index (χ0v) is 13.2. The first-order chi connectivity index (χ1) is 10.4. The van der Waals surface area contributed by atoms with Crippen molar-refractivity contribution in [2.45, 2.75) is 45.1 Å². The summed E-state index contributed by atoms with van der Waals surface area (Å²) in [6.45, 7) is 2.93. The molecule has 1 rings (SSSR count). The van der Waals surface area contributed by atoms with Gasteiger partial charge in [0, 0.05) is 7.05 Å². The molecule has 4 amide bonds. The fraction of sp³-hybridized carbons (Fsp3) is 0.714. The minimum Gasteiger partial charge on any atom is -0.454 e. The van der Waals surface area contributed by atoms with Crippen molar-refractivity contribution in [1.29, 1.82) is 0 Å². The minimum absolute atomic E-state index is 0.405. The maximum atomic E-state index is 12.5. The summed E-state index contributed by atoms with van der Waals surface area (Å²) in [7, 11) is 1.41. The van der Waals surface area contributed by atoms with E-state index in [0.717, 1.165) is 17.7 Å². The molecule has 8 heteroatoms. The van der Waals surface area contributed by atoms with Crippen LogP contribution in [0, 0.1) is 0 Å². The van der Waals surface area contributed by atoms with Crippen molar-refractivity contribution < 1.29 is 23.9 Å². The Bertz CT molecular complexity index is 457. The van der Waals surface area contributed by atoms with E-state index in [1.54, 1.807) is 0 Å². The van der Waals surface area contributed by atoms with Crippen molar-refractivity contribution in [2.75, 3.05) is 20.2 Å². The van der Waals surface area contributed by atoms with Crippen LogP contribution in [0.15, 0.2) is 0 Å². The molecule has 0 aromatic rings. The van der Waals surface area contributed by atoms with Crippen LogP contribution in [0.1, 0.15) is 39.5 Å². The number of hydrogen-bond acceptors (Lipinski definition) is 5. The van der Waals surface area contributed by atoms with Crippen LogP contribution >= 0.6 is 0 Å². The molecule has 124 valence electrons. The van der Waals surface area contributed by atoms with Gasteiger partial charge in [-0.3, -0.25) is 19.3 Å². The quantitative estimate of drug-likeness (QED) is 0.491. The zero-order chi connectivity index (χ0) is 16.8. The number of carbonyl (C=O) groups is 4. The second-order valence-corrected chi connectivity index (χ2v) is 5.24. The van der Waals surface area contributed by atoms with Gasteiger partial charge in [-0.15, -0.1) is 0 Å². The number of nitrogens with zero attached hydrogens (tertiary/aromatic N) is 1. The lowest BCUT2D eigenvalue weighted by Crippen LogP contribution is -2.47. The largest absolute Gasteiger partial charge is 0.454 e. The lowest BCUT2D eigenvalue weighted by molar-refractivity contribution is -0.151. The predicted molar refractivity (Wildman–Crippen MR) is 77.8 cm³/mol. The molecular formula is C14H23N3O5. The van der Waals surface area contributed by atoms with Crippen LogP contribution in [0.5, 0.6) is 0 Å². The third kappa shape index (κ3) is 3.96. The highest BCUT2D eigenvalue weighted by Gasteiger charge is 2.50. The molecule has 0 bridgehead atoms. The average Bonchev–Trinajstić information content (AvgIpc) is 2.70. The van der Waals surface area contributed by atoms with Crippen molar-refractivity contribution in [1.82, 2.24) is 15.5 Å². The molecule has 1 heterocycles. The average molecular weight is 313 g/mol. The van der Waals surface area contributed by atoms with Crippen LogP contribution < -0.4 is 10.6 Å². The molecule has 0 spiro atoms. The number of urea groups is 1. The van der Waals surface area contributed by atoms with Gasteiger partial charge in [0.1, 0.15) is 12.1 Å². The van der Waals surface area contributed by atoms with Crippen molar-refractivity contribution in [2.24, 2.45) is 0 Å². The number of amides is 4. The van der Waals surface area contributed by atoms with Crippen LogP contribution in [-0.4, -0.2) is 54.5 Å². The molecule has 0 unspecified atom stereocenters. The number of ether oxygens (including phenoxy) is 1. The number of esters is 1. The van der Waals surface area contributed by atoms with E-state index in [0.29, 0.717) is 12.8 Å². The van der Waals surface area contributed by atoms with Crippen LogP contribution in [0.3, 0.4) is 0 Å². The molecule has 0 aromatic heterocycles. The normalized spacial score (nSPS) is 16.4. The molecule has 0 atom stereocenters. The van der Waals surface area contributed by atoms with Gasteiger partial charge >= 0.3 is 12.0 Å². The van der Waals surface area contributed by atoms with E-state index in [1.165, 1.54) is 7.05 Å². The summed E-state index contributed by atoms with van der Waals surface area (Å²) in [5.74, 6) is -1.66. The van der Waals surface area contributed by atoms with E-state index in [-0.39, 0.29) is 0 Å². The molecule has 1 aliphatic heterocycles. The van der Waals surface area contributed by atoms with Crippen LogP contribution in [0.2, 0.25) is 0 Å². The number of hydrogen-bond donors (Lipinski definition) is 2. The minimum atomic E-state index is -0.929. The zero-order valence-electron chi connectivity index (χ0n) is 13.2. The van der Waals surface area contributed by atoms with Crippen molar-refractivity contribution in [3.63, 3.8) is 0 Å². The molecule has 22 heavy (non-hydrogen) atoms. The van der Waals surface area contributed by atoms with E-state index in [2.05, 4.69) is 10.6 Å². The fourth-order valence-corrected chi connectivity index (χ4v) is 2.53. The number of carbonyl (C=O) groups excluding carboxylic acids is 4. The smallest absolute Gasteiger partial charge is 0.326 e. The summed E-state index contributed by atoms with van der Waals surface area (Å²) in [4.78, 5) is 48.0. The van der Waals surface area contributed by atoms with E-state index in [9.17, 15) is 19.2 Å². The van der Waals surface area contributed by atoms with Crippen LogP contribution in [-0.2, 0) is 19.1 Å². The fourth-order valence-electron chi connectivity index (χ4n) is 2.53. The standard InChI is InChI=1S/C14H23N3O5/c1-4-6-14(7-5-2)12(20)17(13(21)16-14)8-11(19)22-9-10(18)15-3/h4-9H2,1-3H3,(H,15,18)(H,16,21). The second kappa shape index (κ2) is 7.77. The Kier molecular flexibility index (Phi) is 6.33. The molecule has 0 saturated carbocycles.